The van der Waals surface area contributed by atoms with Gasteiger partial charge in [-0.15, -0.1) is 10.2 Å². The second-order valence-electron chi connectivity index (χ2n) is 8.33. The van der Waals surface area contributed by atoms with Crippen LogP contribution < -0.4 is 0 Å². The molecule has 2 amide bonds. The Balaban J connectivity index is 1.36. The van der Waals surface area contributed by atoms with Gasteiger partial charge in [-0.3, -0.25) is 14.6 Å². The van der Waals surface area contributed by atoms with Gasteiger partial charge in [0, 0.05) is 42.9 Å². The van der Waals surface area contributed by atoms with Gasteiger partial charge in [-0.1, -0.05) is 30.3 Å². The topological polar surface area (TPSA) is 105 Å². The molecule has 0 radical (unpaired) electrons. The SMILES string of the molecule is Cc1ncc(-c2ccc(C(=O)N3CCCN(C=O)CC3)cc2)nc1-c1nnc(-c2ccccc2)o1. The maximum Gasteiger partial charge on any atom is 0.268 e. The fourth-order valence-electron chi connectivity index (χ4n) is 4.02. The third-order valence-corrected chi connectivity index (χ3v) is 6.00. The summed E-state index contributed by atoms with van der Waals surface area (Å²) in [5, 5.41) is 8.32. The number of amides is 2. The van der Waals surface area contributed by atoms with Crippen LogP contribution in [0.15, 0.2) is 65.2 Å². The highest BCUT2D eigenvalue weighted by Gasteiger charge is 2.20. The molecule has 3 heterocycles. The van der Waals surface area contributed by atoms with Gasteiger partial charge >= 0.3 is 0 Å². The van der Waals surface area contributed by atoms with Gasteiger partial charge in [0.2, 0.25) is 12.3 Å². The van der Waals surface area contributed by atoms with E-state index in [-0.39, 0.29) is 5.91 Å². The average molecular weight is 469 g/mol. The summed E-state index contributed by atoms with van der Waals surface area (Å²) in [7, 11) is 0. The van der Waals surface area contributed by atoms with Gasteiger partial charge < -0.3 is 14.2 Å². The standard InChI is InChI=1S/C26H24N6O3/c1-18-23(25-30-29-24(35-25)20-6-3-2-4-7-20)28-22(16-27-18)19-8-10-21(11-9-19)26(34)32-13-5-12-31(17-33)14-15-32/h2-4,6-11,16-17H,5,12-15H2,1H3. The Hall–Kier alpha value is -4.40. The van der Waals surface area contributed by atoms with Crippen molar-refractivity contribution in [2.75, 3.05) is 26.2 Å². The van der Waals surface area contributed by atoms with E-state index in [2.05, 4.69) is 15.2 Å². The molecule has 0 unspecified atom stereocenters. The minimum atomic E-state index is -0.0423. The van der Waals surface area contributed by atoms with Gasteiger partial charge in [0.15, 0.2) is 0 Å². The van der Waals surface area contributed by atoms with Crippen LogP contribution in [0, 0.1) is 6.92 Å². The first kappa shape index (κ1) is 22.4. The van der Waals surface area contributed by atoms with Crippen LogP contribution >= 0.6 is 0 Å². The van der Waals surface area contributed by atoms with E-state index in [1.165, 1.54) is 0 Å². The second-order valence-corrected chi connectivity index (χ2v) is 8.33. The van der Waals surface area contributed by atoms with Crippen molar-refractivity contribution in [2.24, 2.45) is 0 Å². The van der Waals surface area contributed by atoms with Gasteiger partial charge in [-0.25, -0.2) is 4.98 Å². The van der Waals surface area contributed by atoms with E-state index in [1.54, 1.807) is 28.1 Å². The molecular weight excluding hydrogens is 444 g/mol. The first-order chi connectivity index (χ1) is 17.1. The fourth-order valence-corrected chi connectivity index (χ4v) is 4.02. The fraction of sp³-hybridized carbons (Fsp3) is 0.231. The molecule has 4 aromatic rings. The van der Waals surface area contributed by atoms with Crippen LogP contribution in [0.25, 0.3) is 34.3 Å². The Morgan fingerprint density at radius 1 is 0.914 bits per heavy atom. The van der Waals surface area contributed by atoms with Crippen molar-refractivity contribution in [3.8, 4) is 34.3 Å². The lowest BCUT2D eigenvalue weighted by molar-refractivity contribution is -0.118. The normalized spacial score (nSPS) is 14.0. The summed E-state index contributed by atoms with van der Waals surface area (Å²) >= 11 is 0. The van der Waals surface area contributed by atoms with Crippen LogP contribution in [-0.4, -0.2) is 68.5 Å². The molecule has 2 aromatic carbocycles. The van der Waals surface area contributed by atoms with Crippen LogP contribution in [0.2, 0.25) is 0 Å². The number of rotatable bonds is 5. The summed E-state index contributed by atoms with van der Waals surface area (Å²) in [6, 6.07) is 16.8. The minimum absolute atomic E-state index is 0.0423. The molecule has 9 nitrogen and oxygen atoms in total. The molecule has 0 atom stereocenters. The Morgan fingerprint density at radius 3 is 2.46 bits per heavy atom. The first-order valence-electron chi connectivity index (χ1n) is 11.4. The average Bonchev–Trinajstić information content (AvgIpc) is 3.27. The Labute approximate surface area is 202 Å². The third kappa shape index (κ3) is 4.79. The second kappa shape index (κ2) is 9.84. The lowest BCUT2D eigenvalue weighted by atomic mass is 10.1. The number of aromatic nitrogens is 4. The van der Waals surface area contributed by atoms with Crippen molar-refractivity contribution < 1.29 is 14.0 Å². The lowest BCUT2D eigenvalue weighted by Gasteiger charge is -2.20. The zero-order valence-corrected chi connectivity index (χ0v) is 19.3. The molecule has 0 bridgehead atoms. The molecular formula is C26H24N6O3. The van der Waals surface area contributed by atoms with Crippen molar-refractivity contribution in [3.05, 3.63) is 72.1 Å². The van der Waals surface area contributed by atoms with Crippen LogP contribution in [0.5, 0.6) is 0 Å². The van der Waals surface area contributed by atoms with Gasteiger partial charge in [0.05, 0.1) is 17.6 Å². The van der Waals surface area contributed by atoms with Crippen LogP contribution in [0.1, 0.15) is 22.5 Å². The molecule has 2 aromatic heterocycles. The Kier molecular flexibility index (Phi) is 6.30. The number of carbonyl (C=O) groups excluding carboxylic acids is 2. The molecule has 5 rings (SSSR count). The van der Waals surface area contributed by atoms with E-state index in [1.807, 2.05) is 49.4 Å². The van der Waals surface area contributed by atoms with E-state index in [0.29, 0.717) is 60.6 Å². The molecule has 176 valence electrons. The van der Waals surface area contributed by atoms with E-state index < -0.39 is 0 Å². The Bertz CT molecular complexity index is 1340. The highest BCUT2D eigenvalue weighted by Crippen LogP contribution is 2.26. The molecule has 1 aliphatic heterocycles. The summed E-state index contributed by atoms with van der Waals surface area (Å²) in [6.45, 7) is 4.23. The summed E-state index contributed by atoms with van der Waals surface area (Å²) in [6.07, 6.45) is 3.30. The predicted octanol–water partition coefficient (Wildman–Crippen LogP) is 3.47. The molecule has 35 heavy (non-hydrogen) atoms. The summed E-state index contributed by atoms with van der Waals surface area (Å²) in [4.78, 5) is 36.7. The highest BCUT2D eigenvalue weighted by atomic mass is 16.4. The molecule has 0 N–H and O–H groups in total. The zero-order valence-electron chi connectivity index (χ0n) is 19.3. The van der Waals surface area contributed by atoms with E-state index in [9.17, 15) is 9.59 Å². The molecule has 9 heteroatoms. The molecule has 0 aliphatic carbocycles. The summed E-state index contributed by atoms with van der Waals surface area (Å²) in [5.41, 5.74) is 4.08. The number of aryl methyl sites for hydroxylation is 1. The van der Waals surface area contributed by atoms with E-state index >= 15 is 0 Å². The minimum Gasteiger partial charge on any atom is -0.415 e. The van der Waals surface area contributed by atoms with Gasteiger partial charge in [-0.05, 0) is 37.6 Å². The van der Waals surface area contributed by atoms with E-state index in [4.69, 9.17) is 9.40 Å². The summed E-state index contributed by atoms with van der Waals surface area (Å²) < 4.78 is 5.87. The number of benzene rings is 2. The van der Waals surface area contributed by atoms with Crippen LogP contribution in [0.4, 0.5) is 0 Å². The zero-order chi connectivity index (χ0) is 24.2. The van der Waals surface area contributed by atoms with E-state index in [0.717, 1.165) is 24.0 Å². The first-order valence-corrected chi connectivity index (χ1v) is 11.4. The predicted molar refractivity (Wildman–Crippen MR) is 129 cm³/mol. The third-order valence-electron chi connectivity index (χ3n) is 6.00. The number of nitrogens with zero attached hydrogens (tertiary/aromatic N) is 6. The highest BCUT2D eigenvalue weighted by molar-refractivity contribution is 5.94. The van der Waals surface area contributed by atoms with Gasteiger partial charge in [-0.2, -0.15) is 0 Å². The molecule has 1 fully saturated rings. The van der Waals surface area contributed by atoms with Crippen LogP contribution in [-0.2, 0) is 4.79 Å². The number of hydrogen-bond donors (Lipinski definition) is 0. The van der Waals surface area contributed by atoms with Crippen molar-refractivity contribution in [1.29, 1.82) is 0 Å². The number of hydrogen-bond acceptors (Lipinski definition) is 7. The maximum atomic E-state index is 13.0. The monoisotopic (exact) mass is 468 g/mol. The Morgan fingerprint density at radius 2 is 1.69 bits per heavy atom. The van der Waals surface area contributed by atoms with Gasteiger partial charge in [0.25, 0.3) is 11.8 Å². The smallest absolute Gasteiger partial charge is 0.268 e. The molecule has 0 saturated carbocycles. The molecule has 1 aliphatic rings. The van der Waals surface area contributed by atoms with Crippen molar-refractivity contribution in [1.82, 2.24) is 30.0 Å². The van der Waals surface area contributed by atoms with Crippen molar-refractivity contribution in [3.63, 3.8) is 0 Å². The van der Waals surface area contributed by atoms with Crippen molar-refractivity contribution >= 4 is 12.3 Å². The van der Waals surface area contributed by atoms with Crippen molar-refractivity contribution in [2.45, 2.75) is 13.3 Å². The largest absolute Gasteiger partial charge is 0.415 e. The lowest BCUT2D eigenvalue weighted by Crippen LogP contribution is -2.34. The van der Waals surface area contributed by atoms with Gasteiger partial charge in [0.1, 0.15) is 5.69 Å². The molecule has 1 saturated heterocycles. The quantitative estimate of drug-likeness (QED) is 0.413. The molecule has 0 spiro atoms. The summed E-state index contributed by atoms with van der Waals surface area (Å²) in [5.74, 6) is 0.673. The number of carbonyl (C=O) groups is 2. The van der Waals surface area contributed by atoms with Crippen LogP contribution in [0.3, 0.4) is 0 Å². The maximum absolute atomic E-state index is 13.0.